The van der Waals surface area contributed by atoms with Gasteiger partial charge in [0.1, 0.15) is 18.0 Å². The van der Waals surface area contributed by atoms with E-state index < -0.39 is 44.6 Å². The van der Waals surface area contributed by atoms with Crippen LogP contribution in [0.5, 0.6) is 5.75 Å². The molecule has 5 rings (SSSR count). The number of fused-ring (bicyclic) bond motifs is 1. The predicted octanol–water partition coefficient (Wildman–Crippen LogP) is 6.35. The lowest BCUT2D eigenvalue weighted by Gasteiger charge is -2.32. The molecule has 2 saturated carbocycles. The summed E-state index contributed by atoms with van der Waals surface area (Å²) >= 11 is 0. The Hall–Kier alpha value is -3.69. The van der Waals surface area contributed by atoms with Crippen molar-refractivity contribution in [2.75, 3.05) is 7.05 Å². The van der Waals surface area contributed by atoms with E-state index in [1.165, 1.54) is 0 Å². The van der Waals surface area contributed by atoms with Gasteiger partial charge in [0.2, 0.25) is 5.91 Å². The van der Waals surface area contributed by atoms with Crippen LogP contribution in [0.3, 0.4) is 0 Å². The highest BCUT2D eigenvalue weighted by atomic mass is 32.2. The van der Waals surface area contributed by atoms with Crippen LogP contribution in [-0.4, -0.2) is 51.2 Å². The minimum atomic E-state index is -2.98. The molecule has 0 heterocycles. The summed E-state index contributed by atoms with van der Waals surface area (Å²) in [4.78, 5) is 27.8. The number of nitrogens with zero attached hydrogens (tertiary/aromatic N) is 1. The van der Waals surface area contributed by atoms with Crippen LogP contribution in [0.4, 0.5) is 0 Å². The van der Waals surface area contributed by atoms with Crippen molar-refractivity contribution in [1.82, 2.24) is 5.32 Å². The van der Waals surface area contributed by atoms with E-state index in [4.69, 9.17) is 9.47 Å². The summed E-state index contributed by atoms with van der Waals surface area (Å²) in [6, 6.07) is 26.0. The van der Waals surface area contributed by atoms with Gasteiger partial charge in [0.25, 0.3) is 0 Å². The van der Waals surface area contributed by atoms with Gasteiger partial charge in [-0.25, -0.2) is 8.57 Å². The van der Waals surface area contributed by atoms with Gasteiger partial charge in [0, 0.05) is 11.9 Å². The van der Waals surface area contributed by atoms with Crippen molar-refractivity contribution in [1.29, 1.82) is 0 Å². The molecular formula is C38H48N2O6S. The lowest BCUT2D eigenvalue weighted by molar-refractivity contribution is -0.157. The van der Waals surface area contributed by atoms with Crippen LogP contribution in [0.15, 0.2) is 94.2 Å². The summed E-state index contributed by atoms with van der Waals surface area (Å²) in [7, 11) is -1.42. The number of hydrogen-bond acceptors (Lipinski definition) is 7. The molecule has 0 saturated heterocycles. The van der Waals surface area contributed by atoms with Crippen molar-refractivity contribution in [2.24, 2.45) is 22.1 Å². The molecule has 7 atom stereocenters. The molecule has 9 heteroatoms. The zero-order valence-corrected chi connectivity index (χ0v) is 28.7. The number of carbonyl (C=O) groups is 2. The molecular weight excluding hydrogens is 612 g/mol. The van der Waals surface area contributed by atoms with E-state index in [9.17, 15) is 18.9 Å². The number of esters is 1. The zero-order chi connectivity index (χ0) is 33.6. The van der Waals surface area contributed by atoms with Crippen LogP contribution in [-0.2, 0) is 37.1 Å². The van der Waals surface area contributed by atoms with E-state index >= 15 is 0 Å². The van der Waals surface area contributed by atoms with Crippen LogP contribution in [0.1, 0.15) is 64.0 Å². The molecule has 1 amide bonds. The van der Waals surface area contributed by atoms with Crippen molar-refractivity contribution in [3.63, 3.8) is 0 Å². The SMILES string of the molecule is CN=[S@@](=O)(c1ccccc1)[C@H]1[C@H](O)[C@@H](NC(=O)[C@@H](CC(=O)OC(C)(C)C)Cc2cccc(OCc3ccccc3)c2)[C@@H]2CCCC[C@@H]21. The first-order valence-corrected chi connectivity index (χ1v) is 18.2. The first kappa shape index (κ1) is 34.6. The number of aliphatic hydroxyl groups excluding tert-OH is 1. The fourth-order valence-electron chi connectivity index (χ4n) is 7.28. The summed E-state index contributed by atoms with van der Waals surface area (Å²) in [6.07, 6.45) is 2.68. The Labute approximate surface area is 279 Å². The summed E-state index contributed by atoms with van der Waals surface area (Å²) in [6.45, 7) is 5.81. The number of nitrogens with one attached hydrogen (secondary N) is 1. The molecule has 0 radical (unpaired) electrons. The lowest BCUT2D eigenvalue weighted by atomic mass is 9.80. The summed E-state index contributed by atoms with van der Waals surface area (Å²) in [5, 5.41) is 14.4. The molecule has 2 aliphatic carbocycles. The topological polar surface area (TPSA) is 114 Å². The van der Waals surface area contributed by atoms with E-state index in [2.05, 4.69) is 9.68 Å². The van der Waals surface area contributed by atoms with E-state index in [0.717, 1.165) is 36.8 Å². The van der Waals surface area contributed by atoms with Gasteiger partial charge < -0.3 is 19.9 Å². The monoisotopic (exact) mass is 660 g/mol. The fraction of sp³-hybridized carbons (Fsp3) is 0.474. The van der Waals surface area contributed by atoms with Gasteiger partial charge in [-0.3, -0.25) is 9.59 Å². The Balaban J connectivity index is 1.38. The molecule has 0 unspecified atom stereocenters. The van der Waals surface area contributed by atoms with E-state index in [0.29, 0.717) is 17.3 Å². The molecule has 0 spiro atoms. The van der Waals surface area contributed by atoms with Gasteiger partial charge >= 0.3 is 5.97 Å². The second-order valence-electron chi connectivity index (χ2n) is 13.8. The largest absolute Gasteiger partial charge is 0.489 e. The average molecular weight is 661 g/mol. The average Bonchev–Trinajstić information content (AvgIpc) is 3.34. The van der Waals surface area contributed by atoms with Crippen molar-refractivity contribution in [3.05, 3.63) is 96.1 Å². The minimum absolute atomic E-state index is 0.0455. The normalized spacial score (nSPS) is 24.3. The van der Waals surface area contributed by atoms with Crippen LogP contribution in [0, 0.1) is 17.8 Å². The summed E-state index contributed by atoms with van der Waals surface area (Å²) in [5.41, 5.74) is 1.19. The number of aliphatic hydroxyl groups is 1. The standard InChI is InChI=1S/C38H48N2O6S/c1-38(2,3)46-33(41)24-28(22-27-16-13-17-29(23-27)45-25-26-14-7-5-8-15-26)37(43)40-34-31-20-11-12-21-32(31)36(35(34)42)47(44,39-4)30-18-9-6-10-19-30/h5-10,13-19,23,28,31-32,34-36,42H,11-12,20-22,24-25H2,1-4H3,(H,40,43)/t28-,31-,32+,34+,35-,36-,47-/m1/s1. The summed E-state index contributed by atoms with van der Waals surface area (Å²) in [5.74, 6) is -0.983. The van der Waals surface area contributed by atoms with Crippen LogP contribution in [0.25, 0.3) is 0 Å². The van der Waals surface area contributed by atoms with Gasteiger partial charge in [-0.2, -0.15) is 0 Å². The predicted molar refractivity (Wildman–Crippen MR) is 183 cm³/mol. The van der Waals surface area contributed by atoms with Gasteiger partial charge in [0.15, 0.2) is 0 Å². The van der Waals surface area contributed by atoms with Crippen LogP contribution >= 0.6 is 0 Å². The van der Waals surface area contributed by atoms with Crippen LogP contribution < -0.4 is 10.1 Å². The molecule has 0 bridgehead atoms. The Morgan fingerprint density at radius 1 is 0.936 bits per heavy atom. The number of rotatable bonds is 11. The smallest absolute Gasteiger partial charge is 0.307 e. The van der Waals surface area contributed by atoms with Crippen molar-refractivity contribution in [2.45, 2.75) is 93.8 Å². The van der Waals surface area contributed by atoms with Gasteiger partial charge in [-0.05, 0) is 87.3 Å². The second kappa shape index (κ2) is 15.0. The van der Waals surface area contributed by atoms with Crippen molar-refractivity contribution < 1.29 is 28.4 Å². The lowest BCUT2D eigenvalue weighted by Crippen LogP contribution is -2.49. The number of carbonyl (C=O) groups excluding carboxylic acids is 2. The van der Waals surface area contributed by atoms with E-state index in [-0.39, 0.29) is 30.6 Å². The Kier molecular flexibility index (Phi) is 11.1. The fourth-order valence-corrected chi connectivity index (χ4v) is 9.96. The number of benzene rings is 3. The Morgan fingerprint density at radius 3 is 2.23 bits per heavy atom. The van der Waals surface area contributed by atoms with Gasteiger partial charge in [-0.1, -0.05) is 73.5 Å². The molecule has 3 aromatic rings. The maximum absolute atomic E-state index is 14.6. The highest BCUT2D eigenvalue weighted by Gasteiger charge is 2.55. The number of amides is 1. The van der Waals surface area contributed by atoms with E-state index in [1.54, 1.807) is 40.0 Å². The molecule has 0 aliphatic heterocycles. The highest BCUT2D eigenvalue weighted by Crippen LogP contribution is 2.47. The van der Waals surface area contributed by atoms with Gasteiger partial charge in [0.05, 0.1) is 39.5 Å². The molecule has 2 N–H and O–H groups in total. The number of ether oxygens (including phenoxy) is 2. The van der Waals surface area contributed by atoms with Crippen LogP contribution in [0.2, 0.25) is 0 Å². The number of hydrogen-bond donors (Lipinski definition) is 2. The Morgan fingerprint density at radius 2 is 1.57 bits per heavy atom. The summed E-state index contributed by atoms with van der Waals surface area (Å²) < 4.78 is 30.6. The van der Waals surface area contributed by atoms with Crippen molar-refractivity contribution in [3.8, 4) is 5.75 Å². The molecule has 3 aromatic carbocycles. The molecule has 0 aromatic heterocycles. The zero-order valence-electron chi connectivity index (χ0n) is 27.8. The third-order valence-electron chi connectivity index (χ3n) is 9.33. The molecule has 2 aliphatic rings. The maximum atomic E-state index is 14.6. The molecule has 2 fully saturated rings. The van der Waals surface area contributed by atoms with Crippen molar-refractivity contribution >= 4 is 21.6 Å². The highest BCUT2D eigenvalue weighted by molar-refractivity contribution is 7.94. The Bertz CT molecular complexity index is 1630. The minimum Gasteiger partial charge on any atom is -0.489 e. The second-order valence-corrected chi connectivity index (χ2v) is 16.3. The molecule has 8 nitrogen and oxygen atoms in total. The van der Waals surface area contributed by atoms with Gasteiger partial charge in [-0.15, -0.1) is 0 Å². The first-order valence-electron chi connectivity index (χ1n) is 16.6. The molecule has 47 heavy (non-hydrogen) atoms. The quantitative estimate of drug-likeness (QED) is 0.232. The first-order chi connectivity index (χ1) is 22.5. The third kappa shape index (κ3) is 8.43. The third-order valence-corrected chi connectivity index (χ3v) is 12.2. The van der Waals surface area contributed by atoms with E-state index in [1.807, 2.05) is 72.8 Å². The molecule has 252 valence electrons. The maximum Gasteiger partial charge on any atom is 0.307 e.